The summed E-state index contributed by atoms with van der Waals surface area (Å²) in [6.45, 7) is 0. The van der Waals surface area contributed by atoms with Crippen molar-refractivity contribution in [1.82, 2.24) is 0 Å². The quantitative estimate of drug-likeness (QED) is 0.491. The van der Waals surface area contributed by atoms with Crippen molar-refractivity contribution in [1.29, 1.82) is 5.26 Å². The molecule has 0 atom stereocenters. The van der Waals surface area contributed by atoms with E-state index in [-0.39, 0.29) is 58.0 Å². The molecular weight excluding hydrogens is 489 g/mol. The van der Waals surface area contributed by atoms with E-state index in [1.807, 2.05) is 0 Å². The average molecular weight is 505 g/mol. The van der Waals surface area contributed by atoms with E-state index in [0.717, 1.165) is 18.4 Å². The van der Waals surface area contributed by atoms with Crippen LogP contribution >= 0.6 is 0 Å². The van der Waals surface area contributed by atoms with Gasteiger partial charge in [-0.1, -0.05) is 12.1 Å². The van der Waals surface area contributed by atoms with Crippen LogP contribution in [0.1, 0.15) is 36.8 Å². The molecule has 2 N–H and O–H groups in total. The van der Waals surface area contributed by atoms with Crippen LogP contribution < -0.4 is 48.5 Å². The van der Waals surface area contributed by atoms with Gasteiger partial charge in [-0.15, -0.1) is 17.6 Å². The van der Waals surface area contributed by atoms with E-state index < -0.39 is 29.4 Å². The second kappa shape index (κ2) is 8.74. The van der Waals surface area contributed by atoms with Gasteiger partial charge in [0.05, 0.1) is 16.9 Å². The molecule has 13 heteroatoms. The van der Waals surface area contributed by atoms with Crippen LogP contribution in [-0.4, -0.2) is 29.1 Å². The van der Waals surface area contributed by atoms with Crippen molar-refractivity contribution in [3.8, 4) is 29.1 Å². The van der Waals surface area contributed by atoms with Crippen molar-refractivity contribution in [3.63, 3.8) is 0 Å². The molecule has 0 spiro atoms. The number of alkyl halides is 4. The molecule has 35 heavy (non-hydrogen) atoms. The van der Waals surface area contributed by atoms with Crippen LogP contribution in [0.2, 0.25) is 0 Å². The summed E-state index contributed by atoms with van der Waals surface area (Å²) in [7, 11) is 0. The molecular formula is C22H16F4NNaO7. The monoisotopic (exact) mass is 505 g/mol. The Kier molecular flexibility index (Phi) is 6.71. The van der Waals surface area contributed by atoms with Gasteiger partial charge in [0.2, 0.25) is 0 Å². The van der Waals surface area contributed by atoms with Crippen molar-refractivity contribution < 1.29 is 81.4 Å². The third-order valence-corrected chi connectivity index (χ3v) is 6.03. The Labute approximate surface area is 217 Å². The van der Waals surface area contributed by atoms with Gasteiger partial charge in [-0.05, 0) is 61.1 Å². The maximum absolute atomic E-state index is 12.8. The van der Waals surface area contributed by atoms with Crippen molar-refractivity contribution in [2.75, 3.05) is 0 Å². The van der Waals surface area contributed by atoms with Crippen molar-refractivity contribution >= 4 is 5.97 Å². The van der Waals surface area contributed by atoms with E-state index in [2.05, 4.69) is 25.0 Å². The number of carboxylic acids is 1. The smallest absolute Gasteiger partial charge is 0.870 e. The first kappa shape index (κ1) is 26.9. The Morgan fingerprint density at radius 3 is 1.63 bits per heavy atom. The number of nitrogens with zero attached hydrogens (tertiary/aromatic N) is 1. The Balaban J connectivity index is 0.000000185. The predicted octanol–water partition coefficient (Wildman–Crippen LogP) is 1.51. The van der Waals surface area contributed by atoms with Crippen LogP contribution in [0.4, 0.5) is 17.6 Å². The van der Waals surface area contributed by atoms with Crippen LogP contribution in [-0.2, 0) is 15.6 Å². The third-order valence-electron chi connectivity index (χ3n) is 6.03. The number of hydrogen-bond donors (Lipinski definition) is 1. The molecule has 0 radical (unpaired) electrons. The molecule has 0 saturated heterocycles. The summed E-state index contributed by atoms with van der Waals surface area (Å²) >= 11 is 0. The van der Waals surface area contributed by atoms with E-state index in [0.29, 0.717) is 18.4 Å². The number of halogens is 4. The number of carboxylic acid groups (broad SMARTS) is 1. The molecule has 6 rings (SSSR count). The minimum absolute atomic E-state index is 0. The maximum Gasteiger partial charge on any atom is 1.00 e. The molecule has 8 nitrogen and oxygen atoms in total. The fourth-order valence-electron chi connectivity index (χ4n) is 3.83. The summed E-state index contributed by atoms with van der Waals surface area (Å²) < 4.78 is 68.2. The van der Waals surface area contributed by atoms with E-state index in [4.69, 9.17) is 10.4 Å². The first-order valence-electron chi connectivity index (χ1n) is 9.93. The summed E-state index contributed by atoms with van der Waals surface area (Å²) in [5, 5.41) is 18.1. The summed E-state index contributed by atoms with van der Waals surface area (Å²) in [6, 6.07) is 10.8. The maximum atomic E-state index is 12.8. The number of hydrogen-bond acceptors (Lipinski definition) is 7. The van der Waals surface area contributed by atoms with Gasteiger partial charge in [-0.3, -0.25) is 4.79 Å². The molecule has 2 fully saturated rings. The fraction of sp³-hybridized carbons (Fsp3) is 0.364. The van der Waals surface area contributed by atoms with Gasteiger partial charge in [-0.25, -0.2) is 0 Å². The van der Waals surface area contributed by atoms with Gasteiger partial charge in [0.25, 0.3) is 0 Å². The van der Waals surface area contributed by atoms with Crippen molar-refractivity contribution in [3.05, 3.63) is 47.5 Å². The van der Waals surface area contributed by atoms with Crippen molar-refractivity contribution in [2.45, 2.75) is 49.1 Å². The molecule has 0 amide bonds. The largest absolute Gasteiger partial charge is 1.00 e. The average Bonchev–Trinajstić information content (AvgIpc) is 3.64. The molecule has 180 valence electrons. The van der Waals surface area contributed by atoms with Gasteiger partial charge in [0, 0.05) is 0 Å². The normalized spacial score (nSPS) is 21.1. The Morgan fingerprint density at radius 1 is 0.800 bits per heavy atom. The minimum atomic E-state index is -3.67. The van der Waals surface area contributed by atoms with E-state index in [1.54, 1.807) is 6.07 Å². The number of nitriles is 1. The zero-order valence-corrected chi connectivity index (χ0v) is 20.2. The second-order valence-electron chi connectivity index (χ2n) is 8.24. The number of benzene rings is 2. The predicted molar refractivity (Wildman–Crippen MR) is 102 cm³/mol. The number of ether oxygens (including phenoxy) is 4. The van der Waals surface area contributed by atoms with E-state index in [1.165, 1.54) is 30.3 Å². The molecule has 2 aliphatic carbocycles. The number of aliphatic carboxylic acids is 1. The summed E-state index contributed by atoms with van der Waals surface area (Å²) in [5.74, 6) is -1.10. The number of rotatable bonds is 3. The SMILES string of the molecule is N#CC1(c2ccc3c(c2)OC(F)(F)O3)CC1.O=C(O)C1(c2ccc3c(c2)OC(F)(F)O3)CC1.[Na+].[OH-]. The van der Waals surface area contributed by atoms with Gasteiger partial charge >= 0.3 is 48.1 Å². The first-order chi connectivity index (χ1) is 15.5. The van der Waals surface area contributed by atoms with Gasteiger partial charge in [0.15, 0.2) is 23.0 Å². The second-order valence-corrected chi connectivity index (χ2v) is 8.24. The van der Waals surface area contributed by atoms with Gasteiger partial charge in [0.1, 0.15) is 0 Å². The molecule has 2 saturated carbocycles. The van der Waals surface area contributed by atoms with Gasteiger partial charge < -0.3 is 29.5 Å². The molecule has 2 aromatic carbocycles. The molecule has 2 aromatic rings. The molecule has 0 aromatic heterocycles. The summed E-state index contributed by atoms with van der Waals surface area (Å²) in [5.41, 5.74) is -0.243. The van der Waals surface area contributed by atoms with Crippen molar-refractivity contribution in [2.24, 2.45) is 0 Å². The third kappa shape index (κ3) is 4.86. The molecule has 0 bridgehead atoms. The van der Waals surface area contributed by atoms with E-state index >= 15 is 0 Å². The molecule has 2 heterocycles. The van der Waals surface area contributed by atoms with Crippen LogP contribution in [0.25, 0.3) is 0 Å². The zero-order chi connectivity index (χ0) is 23.6. The van der Waals surface area contributed by atoms with Gasteiger partial charge in [-0.2, -0.15) is 5.26 Å². The fourth-order valence-corrected chi connectivity index (χ4v) is 3.83. The summed E-state index contributed by atoms with van der Waals surface area (Å²) in [6.07, 6.45) is -4.71. The van der Waals surface area contributed by atoms with E-state index in [9.17, 15) is 22.4 Å². The molecule has 2 aliphatic heterocycles. The Bertz CT molecular complexity index is 1210. The molecule has 4 aliphatic rings. The topological polar surface area (TPSA) is 128 Å². The number of carbonyl (C=O) groups is 1. The van der Waals surface area contributed by atoms with Crippen LogP contribution in [0.15, 0.2) is 36.4 Å². The molecule has 0 unspecified atom stereocenters. The minimum Gasteiger partial charge on any atom is -0.870 e. The first-order valence-corrected chi connectivity index (χ1v) is 9.93. The summed E-state index contributed by atoms with van der Waals surface area (Å²) in [4.78, 5) is 11.1. The van der Waals surface area contributed by atoms with Crippen LogP contribution in [0, 0.1) is 11.3 Å². The Morgan fingerprint density at radius 2 is 1.23 bits per heavy atom. The standard InChI is InChI=1S/C11H7F2NO2.C11H8F2O4.Na.H2O/c12-11(13)15-8-2-1-7(5-9(8)16-11)10(6-14)3-4-10;12-11(13)16-7-2-1-6(5-8(7)17-11)10(3-4-10)9(14)15;;/h1-2,5H,3-4H2;1-2,5H,3-4H2,(H,14,15);;1H2/q;;+1;/p-1. The van der Waals surface area contributed by atoms with Crippen LogP contribution in [0.3, 0.4) is 0 Å². The number of fused-ring (bicyclic) bond motifs is 2. The zero-order valence-electron chi connectivity index (χ0n) is 18.2. The van der Waals surface area contributed by atoms with Crippen LogP contribution in [0.5, 0.6) is 23.0 Å². The Hall–Kier alpha value is -2.72.